The van der Waals surface area contributed by atoms with Crippen LogP contribution in [0.15, 0.2) is 41.9 Å². The standard InChI is InChI=1S/C17H22N2O3S/c1-17(2,3)22-16(21)19-13(11-12-7-5-4-6-8-12)14(20)15-18-9-10-23-15/h4-10,13-14,20H,11H2,1-3H3,(H,19,21)/t13-,14-/m0/s1. The van der Waals surface area contributed by atoms with Gasteiger partial charge in [0.15, 0.2) is 0 Å². The molecular weight excluding hydrogens is 312 g/mol. The average Bonchev–Trinajstić information content (AvgIpc) is 2.99. The van der Waals surface area contributed by atoms with Crippen LogP contribution >= 0.6 is 11.3 Å². The fourth-order valence-electron chi connectivity index (χ4n) is 2.12. The highest BCUT2D eigenvalue weighted by Crippen LogP contribution is 2.22. The van der Waals surface area contributed by atoms with Crippen LogP contribution in [-0.2, 0) is 11.2 Å². The first-order valence-corrected chi connectivity index (χ1v) is 8.34. The number of nitrogens with one attached hydrogen (secondary N) is 1. The molecule has 0 aliphatic carbocycles. The van der Waals surface area contributed by atoms with Crippen LogP contribution in [0.5, 0.6) is 0 Å². The molecule has 0 saturated heterocycles. The van der Waals surface area contributed by atoms with E-state index in [-0.39, 0.29) is 0 Å². The SMILES string of the molecule is CC(C)(C)OC(=O)N[C@@H](Cc1ccccc1)[C@H](O)c1nccs1. The number of nitrogens with zero attached hydrogens (tertiary/aromatic N) is 1. The molecule has 0 fully saturated rings. The van der Waals surface area contributed by atoms with E-state index in [1.807, 2.05) is 30.3 Å². The van der Waals surface area contributed by atoms with Crippen molar-refractivity contribution in [2.75, 3.05) is 0 Å². The van der Waals surface area contributed by atoms with Gasteiger partial charge in [-0.15, -0.1) is 11.3 Å². The number of aromatic nitrogens is 1. The molecule has 0 aliphatic heterocycles. The minimum absolute atomic E-state index is 0.487. The molecule has 0 radical (unpaired) electrons. The van der Waals surface area contributed by atoms with Crippen molar-refractivity contribution in [2.45, 2.75) is 44.9 Å². The van der Waals surface area contributed by atoms with Crippen LogP contribution < -0.4 is 5.32 Å². The minimum Gasteiger partial charge on any atom is -0.444 e. The Morgan fingerprint density at radius 1 is 1.35 bits per heavy atom. The highest BCUT2D eigenvalue weighted by molar-refractivity contribution is 7.09. The Morgan fingerprint density at radius 2 is 2.04 bits per heavy atom. The van der Waals surface area contributed by atoms with Crippen molar-refractivity contribution < 1.29 is 14.6 Å². The van der Waals surface area contributed by atoms with Gasteiger partial charge < -0.3 is 15.2 Å². The zero-order chi connectivity index (χ0) is 16.9. The lowest BCUT2D eigenvalue weighted by atomic mass is 10.0. The summed E-state index contributed by atoms with van der Waals surface area (Å²) in [6.45, 7) is 5.40. The van der Waals surface area contributed by atoms with Gasteiger partial charge in [0.05, 0.1) is 6.04 Å². The fourth-order valence-corrected chi connectivity index (χ4v) is 2.81. The lowest BCUT2D eigenvalue weighted by molar-refractivity contribution is 0.0421. The molecule has 0 spiro atoms. The fraction of sp³-hybridized carbons (Fsp3) is 0.412. The van der Waals surface area contributed by atoms with Crippen LogP contribution in [0.25, 0.3) is 0 Å². The number of benzene rings is 1. The molecule has 0 saturated carbocycles. The monoisotopic (exact) mass is 334 g/mol. The maximum absolute atomic E-state index is 12.1. The van der Waals surface area contributed by atoms with Gasteiger partial charge in [-0.25, -0.2) is 9.78 Å². The third kappa shape index (κ3) is 5.65. The number of carbonyl (C=O) groups excluding carboxylic acids is 1. The molecule has 1 aromatic carbocycles. The van der Waals surface area contributed by atoms with Crippen molar-refractivity contribution in [3.05, 3.63) is 52.5 Å². The number of alkyl carbamates (subject to hydrolysis) is 1. The predicted octanol–water partition coefficient (Wildman–Crippen LogP) is 3.31. The second kappa shape index (κ2) is 7.57. The van der Waals surface area contributed by atoms with E-state index >= 15 is 0 Å². The van der Waals surface area contributed by atoms with E-state index in [1.54, 1.807) is 32.3 Å². The van der Waals surface area contributed by atoms with Gasteiger partial charge in [-0.1, -0.05) is 30.3 Å². The number of amides is 1. The van der Waals surface area contributed by atoms with Crippen molar-refractivity contribution in [3.63, 3.8) is 0 Å². The summed E-state index contributed by atoms with van der Waals surface area (Å²) in [5.74, 6) is 0. The molecule has 23 heavy (non-hydrogen) atoms. The summed E-state index contributed by atoms with van der Waals surface area (Å²) in [5, 5.41) is 15.7. The number of aliphatic hydroxyl groups is 1. The molecule has 1 heterocycles. The second-order valence-electron chi connectivity index (χ2n) is 6.26. The summed E-state index contributed by atoms with van der Waals surface area (Å²) in [6.07, 6.45) is 0.689. The first kappa shape index (κ1) is 17.4. The quantitative estimate of drug-likeness (QED) is 0.880. The molecule has 2 N–H and O–H groups in total. The van der Waals surface area contributed by atoms with Crippen LogP contribution in [0.2, 0.25) is 0 Å². The van der Waals surface area contributed by atoms with Crippen molar-refractivity contribution in [1.82, 2.24) is 10.3 Å². The van der Waals surface area contributed by atoms with Gasteiger partial charge in [0.2, 0.25) is 0 Å². The van der Waals surface area contributed by atoms with Crippen molar-refractivity contribution in [2.24, 2.45) is 0 Å². The second-order valence-corrected chi connectivity index (χ2v) is 7.18. The van der Waals surface area contributed by atoms with E-state index in [0.29, 0.717) is 11.4 Å². The zero-order valence-electron chi connectivity index (χ0n) is 13.5. The third-order valence-corrected chi connectivity index (χ3v) is 3.93. The van der Waals surface area contributed by atoms with Gasteiger partial charge in [-0.3, -0.25) is 0 Å². The number of thiazole rings is 1. The van der Waals surface area contributed by atoms with Gasteiger partial charge in [-0.05, 0) is 32.8 Å². The van der Waals surface area contributed by atoms with Gasteiger partial charge in [0, 0.05) is 11.6 Å². The Morgan fingerprint density at radius 3 is 2.61 bits per heavy atom. The molecule has 2 rings (SSSR count). The largest absolute Gasteiger partial charge is 0.444 e. The maximum Gasteiger partial charge on any atom is 0.407 e. The molecule has 1 amide bonds. The molecular formula is C17H22N2O3S. The Balaban J connectivity index is 2.12. The number of hydrogen-bond acceptors (Lipinski definition) is 5. The van der Waals surface area contributed by atoms with Gasteiger partial charge in [-0.2, -0.15) is 0 Å². The van der Waals surface area contributed by atoms with E-state index in [0.717, 1.165) is 5.56 Å². The molecule has 2 aromatic rings. The number of hydrogen-bond donors (Lipinski definition) is 2. The van der Waals surface area contributed by atoms with E-state index in [2.05, 4.69) is 10.3 Å². The van der Waals surface area contributed by atoms with E-state index in [1.165, 1.54) is 11.3 Å². The zero-order valence-corrected chi connectivity index (χ0v) is 14.3. The topological polar surface area (TPSA) is 71.5 Å². The van der Waals surface area contributed by atoms with Crippen molar-refractivity contribution in [3.8, 4) is 0 Å². The Kier molecular flexibility index (Phi) is 5.74. The lowest BCUT2D eigenvalue weighted by Crippen LogP contribution is -2.43. The molecule has 1 aromatic heterocycles. The summed E-state index contributed by atoms with van der Waals surface area (Å²) >= 11 is 1.36. The summed E-state index contributed by atoms with van der Waals surface area (Å²) in [5.41, 5.74) is 0.428. The third-order valence-electron chi connectivity index (χ3n) is 3.09. The van der Waals surface area contributed by atoms with Gasteiger partial charge in [0.1, 0.15) is 16.7 Å². The highest BCUT2D eigenvalue weighted by atomic mass is 32.1. The van der Waals surface area contributed by atoms with Crippen LogP contribution in [0.3, 0.4) is 0 Å². The minimum atomic E-state index is -0.886. The smallest absolute Gasteiger partial charge is 0.407 e. The van der Waals surface area contributed by atoms with E-state index in [4.69, 9.17) is 4.74 Å². The average molecular weight is 334 g/mol. The normalized spacial score (nSPS) is 14.1. The van der Waals surface area contributed by atoms with E-state index in [9.17, 15) is 9.90 Å². The molecule has 0 unspecified atom stereocenters. The summed E-state index contributed by atoms with van der Waals surface area (Å²) in [7, 11) is 0. The maximum atomic E-state index is 12.1. The number of ether oxygens (including phenoxy) is 1. The molecule has 2 atom stereocenters. The van der Waals surface area contributed by atoms with Crippen LogP contribution in [0, 0.1) is 0 Å². The summed E-state index contributed by atoms with van der Waals surface area (Å²) < 4.78 is 5.30. The van der Waals surface area contributed by atoms with Gasteiger partial charge >= 0.3 is 6.09 Å². The first-order valence-electron chi connectivity index (χ1n) is 7.46. The Hall–Kier alpha value is -1.92. The number of aliphatic hydroxyl groups excluding tert-OH is 1. The van der Waals surface area contributed by atoms with Crippen LogP contribution in [0.4, 0.5) is 4.79 Å². The summed E-state index contributed by atoms with van der Waals surface area (Å²) in [4.78, 5) is 16.2. The first-order chi connectivity index (χ1) is 10.8. The van der Waals surface area contributed by atoms with Crippen molar-refractivity contribution in [1.29, 1.82) is 0 Å². The molecule has 0 aliphatic rings. The van der Waals surface area contributed by atoms with E-state index < -0.39 is 23.8 Å². The molecule has 5 nitrogen and oxygen atoms in total. The van der Waals surface area contributed by atoms with Crippen molar-refractivity contribution >= 4 is 17.4 Å². The highest BCUT2D eigenvalue weighted by Gasteiger charge is 2.27. The summed E-state index contributed by atoms with van der Waals surface area (Å²) in [6, 6.07) is 9.18. The Labute approximate surface area is 140 Å². The molecule has 0 bridgehead atoms. The molecule has 6 heteroatoms. The number of carbonyl (C=O) groups is 1. The molecule has 124 valence electrons. The number of rotatable bonds is 5. The van der Waals surface area contributed by atoms with Gasteiger partial charge in [0.25, 0.3) is 0 Å². The lowest BCUT2D eigenvalue weighted by Gasteiger charge is -2.26. The van der Waals surface area contributed by atoms with Crippen LogP contribution in [-0.4, -0.2) is 27.8 Å². The Bertz CT molecular complexity index is 609. The predicted molar refractivity (Wildman–Crippen MR) is 90.4 cm³/mol. The van der Waals surface area contributed by atoms with Crippen LogP contribution in [0.1, 0.15) is 37.4 Å².